The van der Waals surface area contributed by atoms with Gasteiger partial charge in [0.25, 0.3) is 0 Å². The van der Waals surface area contributed by atoms with E-state index in [1.165, 1.54) is 24.3 Å². The van der Waals surface area contributed by atoms with Crippen molar-refractivity contribution in [1.29, 1.82) is 0 Å². The van der Waals surface area contributed by atoms with Crippen molar-refractivity contribution in [3.63, 3.8) is 0 Å². The molecule has 0 aliphatic rings. The third-order valence-corrected chi connectivity index (χ3v) is 3.51. The lowest BCUT2D eigenvalue weighted by Crippen LogP contribution is -2.12. The number of hydrogen-bond acceptors (Lipinski definition) is 2. The van der Waals surface area contributed by atoms with Crippen molar-refractivity contribution in [3.8, 4) is 28.3 Å². The van der Waals surface area contributed by atoms with Crippen LogP contribution in [-0.2, 0) is 6.42 Å². The van der Waals surface area contributed by atoms with Crippen molar-refractivity contribution in [3.05, 3.63) is 59.9 Å². The normalized spacial score (nSPS) is 11.7. The monoisotopic (exact) mass is 336 g/mol. The summed E-state index contributed by atoms with van der Waals surface area (Å²) in [4.78, 5) is 0. The molecule has 1 aromatic heterocycles. The molecule has 0 fully saturated rings. The maximum atomic E-state index is 13.3. The molecule has 2 aromatic carbocycles. The number of nitrogens with one attached hydrogen (secondary N) is 1. The van der Waals surface area contributed by atoms with Gasteiger partial charge >= 0.3 is 6.18 Å². The molecule has 0 aliphatic heterocycles. The first-order chi connectivity index (χ1) is 11.3. The fraction of sp³-hybridized carbons (Fsp3) is 0.118. The van der Waals surface area contributed by atoms with Gasteiger partial charge in [0.2, 0.25) is 0 Å². The number of alkyl halides is 3. The second-order valence-electron chi connectivity index (χ2n) is 5.28. The van der Waals surface area contributed by atoms with Crippen molar-refractivity contribution in [2.24, 2.45) is 0 Å². The number of aromatic nitrogens is 2. The fourth-order valence-corrected chi connectivity index (χ4v) is 2.46. The number of phenols is 1. The summed E-state index contributed by atoms with van der Waals surface area (Å²) in [7, 11) is 0. The Hall–Kier alpha value is -2.83. The van der Waals surface area contributed by atoms with Crippen LogP contribution in [0.2, 0.25) is 0 Å². The molecule has 24 heavy (non-hydrogen) atoms. The van der Waals surface area contributed by atoms with E-state index in [4.69, 9.17) is 0 Å². The molecule has 2 N–H and O–H groups in total. The minimum Gasteiger partial charge on any atom is -0.507 e. The van der Waals surface area contributed by atoms with Crippen LogP contribution >= 0.6 is 0 Å². The number of hydrogen-bond donors (Lipinski definition) is 2. The van der Waals surface area contributed by atoms with Crippen molar-refractivity contribution < 1.29 is 22.7 Å². The summed E-state index contributed by atoms with van der Waals surface area (Å²) in [5, 5.41) is 16.4. The summed E-state index contributed by atoms with van der Waals surface area (Å²) in [5.41, 5.74) is 1.20. The van der Waals surface area contributed by atoms with E-state index in [2.05, 4.69) is 10.2 Å². The zero-order chi connectivity index (χ0) is 17.3. The average molecular weight is 336 g/mol. The van der Waals surface area contributed by atoms with Gasteiger partial charge in [0, 0.05) is 11.1 Å². The summed E-state index contributed by atoms with van der Waals surface area (Å²) in [6.45, 7) is 0. The lowest BCUT2D eigenvalue weighted by atomic mass is 10.0. The molecule has 0 saturated carbocycles. The van der Waals surface area contributed by atoms with Gasteiger partial charge in [-0.05, 0) is 29.8 Å². The molecule has 0 unspecified atom stereocenters. The van der Waals surface area contributed by atoms with Crippen molar-refractivity contribution in [2.75, 3.05) is 0 Å². The molecule has 0 radical (unpaired) electrons. The summed E-state index contributed by atoms with van der Waals surface area (Å²) >= 11 is 0. The number of rotatable bonds is 3. The van der Waals surface area contributed by atoms with Gasteiger partial charge < -0.3 is 5.11 Å². The predicted octanol–water partition coefficient (Wildman–Crippen LogP) is 4.69. The van der Waals surface area contributed by atoms with Crippen LogP contribution in [0.25, 0.3) is 22.5 Å². The standard InChI is InChI=1S/C17H12F4N2O/c18-11-5-6-16(24)13(7-11)15-8-14(22-23-15)12-4-2-1-3-10(12)9-17(19,20)21/h1-8,24H,9H2,(H,22,23). The first-order valence-corrected chi connectivity index (χ1v) is 7.03. The van der Waals surface area contributed by atoms with E-state index in [9.17, 15) is 22.7 Å². The topological polar surface area (TPSA) is 48.9 Å². The molecule has 7 heteroatoms. The van der Waals surface area contributed by atoms with Gasteiger partial charge in [0.15, 0.2) is 0 Å². The van der Waals surface area contributed by atoms with Crippen LogP contribution in [0, 0.1) is 5.82 Å². The molecule has 1 heterocycles. The summed E-state index contributed by atoms with van der Waals surface area (Å²) < 4.78 is 51.5. The van der Waals surface area contributed by atoms with Gasteiger partial charge in [0.05, 0.1) is 17.8 Å². The second-order valence-corrected chi connectivity index (χ2v) is 5.28. The summed E-state index contributed by atoms with van der Waals surface area (Å²) in [5.74, 6) is -0.720. The van der Waals surface area contributed by atoms with Gasteiger partial charge in [-0.1, -0.05) is 24.3 Å². The zero-order valence-corrected chi connectivity index (χ0v) is 12.2. The van der Waals surface area contributed by atoms with E-state index in [0.29, 0.717) is 11.3 Å². The Balaban J connectivity index is 2.01. The smallest absolute Gasteiger partial charge is 0.393 e. The van der Waals surface area contributed by atoms with Crippen LogP contribution < -0.4 is 0 Å². The Kier molecular flexibility index (Phi) is 4.01. The summed E-state index contributed by atoms with van der Waals surface area (Å²) in [6.07, 6.45) is -5.40. The van der Waals surface area contributed by atoms with E-state index in [1.807, 2.05) is 0 Å². The molecule has 124 valence electrons. The van der Waals surface area contributed by atoms with Crippen LogP contribution in [-0.4, -0.2) is 21.5 Å². The van der Waals surface area contributed by atoms with Gasteiger partial charge in [-0.2, -0.15) is 18.3 Å². The van der Waals surface area contributed by atoms with Crippen LogP contribution in [0.15, 0.2) is 48.5 Å². The molecular weight excluding hydrogens is 324 g/mol. The number of phenolic OH excluding ortho intramolecular Hbond substituents is 1. The van der Waals surface area contributed by atoms with Crippen molar-refractivity contribution in [2.45, 2.75) is 12.6 Å². The van der Waals surface area contributed by atoms with Gasteiger partial charge in [0.1, 0.15) is 11.6 Å². The predicted molar refractivity (Wildman–Crippen MR) is 80.8 cm³/mol. The molecule has 3 aromatic rings. The zero-order valence-electron chi connectivity index (χ0n) is 12.2. The highest BCUT2D eigenvalue weighted by Gasteiger charge is 2.29. The van der Waals surface area contributed by atoms with Crippen LogP contribution in [0.4, 0.5) is 17.6 Å². The highest BCUT2D eigenvalue weighted by atomic mass is 19.4. The first kappa shape index (κ1) is 16.0. The van der Waals surface area contributed by atoms with E-state index in [-0.39, 0.29) is 22.6 Å². The van der Waals surface area contributed by atoms with Crippen LogP contribution in [0.3, 0.4) is 0 Å². The molecule has 0 amide bonds. The molecule has 0 atom stereocenters. The molecular formula is C17H12F4N2O. The SMILES string of the molecule is Oc1ccc(F)cc1-c1cc(-c2ccccc2CC(F)(F)F)[nH]n1. The van der Waals surface area contributed by atoms with Crippen molar-refractivity contribution >= 4 is 0 Å². The number of aromatic hydroxyl groups is 1. The molecule has 3 rings (SSSR count). The average Bonchev–Trinajstić information content (AvgIpc) is 2.98. The minimum absolute atomic E-state index is 0.101. The lowest BCUT2D eigenvalue weighted by molar-refractivity contribution is -0.127. The molecule has 0 aliphatic carbocycles. The second kappa shape index (κ2) is 5.99. The van der Waals surface area contributed by atoms with Crippen LogP contribution in [0.5, 0.6) is 5.75 Å². The molecule has 0 bridgehead atoms. The Bertz CT molecular complexity index is 871. The lowest BCUT2D eigenvalue weighted by Gasteiger charge is -2.10. The number of H-pyrrole nitrogens is 1. The maximum absolute atomic E-state index is 13.3. The largest absolute Gasteiger partial charge is 0.507 e. The highest BCUT2D eigenvalue weighted by molar-refractivity contribution is 5.73. The fourth-order valence-electron chi connectivity index (χ4n) is 2.46. The number of halogens is 4. The van der Waals surface area contributed by atoms with Crippen molar-refractivity contribution in [1.82, 2.24) is 10.2 Å². The minimum atomic E-state index is -4.33. The van der Waals surface area contributed by atoms with E-state index in [1.54, 1.807) is 12.1 Å². The Morgan fingerprint density at radius 3 is 2.50 bits per heavy atom. The van der Waals surface area contributed by atoms with Crippen LogP contribution in [0.1, 0.15) is 5.56 Å². The maximum Gasteiger partial charge on any atom is 0.393 e. The van der Waals surface area contributed by atoms with E-state index in [0.717, 1.165) is 12.1 Å². The van der Waals surface area contributed by atoms with E-state index >= 15 is 0 Å². The molecule has 0 spiro atoms. The first-order valence-electron chi connectivity index (χ1n) is 7.03. The van der Waals surface area contributed by atoms with Gasteiger partial charge in [-0.25, -0.2) is 4.39 Å². The Labute approximate surface area is 134 Å². The van der Waals surface area contributed by atoms with E-state index < -0.39 is 18.4 Å². The molecule has 3 nitrogen and oxygen atoms in total. The Morgan fingerprint density at radius 1 is 1.00 bits per heavy atom. The third-order valence-electron chi connectivity index (χ3n) is 3.51. The van der Waals surface area contributed by atoms with Gasteiger partial charge in [-0.15, -0.1) is 0 Å². The highest BCUT2D eigenvalue weighted by Crippen LogP contribution is 2.33. The number of nitrogens with zero attached hydrogens (tertiary/aromatic N) is 1. The Morgan fingerprint density at radius 2 is 1.75 bits per heavy atom. The number of benzene rings is 2. The third kappa shape index (κ3) is 3.40. The molecule has 0 saturated heterocycles. The number of aromatic amines is 1. The quantitative estimate of drug-likeness (QED) is 0.682. The summed E-state index contributed by atoms with van der Waals surface area (Å²) in [6, 6.07) is 11.0. The van der Waals surface area contributed by atoms with Gasteiger partial charge in [-0.3, -0.25) is 5.10 Å².